The van der Waals surface area contributed by atoms with Crippen LogP contribution in [0.5, 0.6) is 28.7 Å². The summed E-state index contributed by atoms with van der Waals surface area (Å²) in [7, 11) is 4.40. The Labute approximate surface area is 163 Å². The molecule has 7 nitrogen and oxygen atoms in total. The van der Waals surface area contributed by atoms with Gasteiger partial charge in [-0.3, -0.25) is 0 Å². The van der Waals surface area contributed by atoms with Crippen molar-refractivity contribution >= 4 is 0 Å². The van der Waals surface area contributed by atoms with E-state index in [4.69, 9.17) is 14.2 Å². The summed E-state index contributed by atoms with van der Waals surface area (Å²) in [6.07, 6.45) is 0.510. The fourth-order valence-corrected chi connectivity index (χ4v) is 4.24. The van der Waals surface area contributed by atoms with Gasteiger partial charge < -0.3 is 34.6 Å². The van der Waals surface area contributed by atoms with Gasteiger partial charge in [-0.25, -0.2) is 0 Å². The molecule has 2 aromatic carbocycles. The fraction of sp³-hybridized carbons (Fsp3) is 0.429. The van der Waals surface area contributed by atoms with Crippen LogP contribution in [0.2, 0.25) is 0 Å². The van der Waals surface area contributed by atoms with Gasteiger partial charge in [-0.15, -0.1) is 0 Å². The molecule has 28 heavy (non-hydrogen) atoms. The van der Waals surface area contributed by atoms with Crippen molar-refractivity contribution < 1.29 is 34.6 Å². The molecule has 3 rings (SSSR count). The van der Waals surface area contributed by atoms with Gasteiger partial charge in [-0.05, 0) is 47.6 Å². The molecule has 1 aliphatic carbocycles. The molecule has 0 aliphatic heterocycles. The van der Waals surface area contributed by atoms with E-state index in [-0.39, 0.29) is 54.0 Å². The lowest BCUT2D eigenvalue weighted by Gasteiger charge is -2.39. The maximum absolute atomic E-state index is 10.6. The van der Waals surface area contributed by atoms with Gasteiger partial charge in [0.25, 0.3) is 0 Å². The molecule has 7 heteroatoms. The number of phenols is 2. The fourth-order valence-electron chi connectivity index (χ4n) is 4.24. The molecule has 0 unspecified atom stereocenters. The number of aliphatic hydroxyl groups excluding tert-OH is 2. The number of methoxy groups -OCH3 is 3. The third kappa shape index (κ3) is 3.21. The van der Waals surface area contributed by atoms with Crippen molar-refractivity contribution in [3.63, 3.8) is 0 Å². The molecule has 0 radical (unpaired) electrons. The first-order chi connectivity index (χ1) is 13.5. The van der Waals surface area contributed by atoms with E-state index in [2.05, 4.69) is 0 Å². The van der Waals surface area contributed by atoms with Gasteiger partial charge in [0.2, 0.25) is 5.75 Å². The molecule has 3 atom stereocenters. The second kappa shape index (κ2) is 8.16. The number of hydrogen-bond donors (Lipinski definition) is 4. The van der Waals surface area contributed by atoms with E-state index in [0.717, 1.165) is 16.7 Å². The van der Waals surface area contributed by atoms with Crippen LogP contribution in [0.1, 0.15) is 22.6 Å². The SMILES string of the molecule is COc1cc([C@H]2c3c(cc(OC)c(O)c3OC)C[C@H](CO)[C@H]2CO)ccc1O. The topological polar surface area (TPSA) is 109 Å². The number of benzene rings is 2. The number of hydrogen-bond acceptors (Lipinski definition) is 7. The lowest BCUT2D eigenvalue weighted by Crippen LogP contribution is -2.35. The Morgan fingerprint density at radius 1 is 0.929 bits per heavy atom. The highest BCUT2D eigenvalue weighted by atomic mass is 16.5. The predicted octanol–water partition coefficient (Wildman–Crippen LogP) is 2.03. The van der Waals surface area contributed by atoms with Crippen LogP contribution in [-0.2, 0) is 6.42 Å². The minimum atomic E-state index is -0.382. The van der Waals surface area contributed by atoms with Crippen molar-refractivity contribution in [2.45, 2.75) is 12.3 Å². The van der Waals surface area contributed by atoms with E-state index in [1.165, 1.54) is 27.4 Å². The summed E-state index contributed by atoms with van der Waals surface area (Å²) in [6, 6.07) is 6.72. The number of ether oxygens (including phenoxy) is 3. The Bertz CT molecular complexity index is 849. The van der Waals surface area contributed by atoms with E-state index in [9.17, 15) is 20.4 Å². The number of fused-ring (bicyclic) bond motifs is 1. The molecular weight excluding hydrogens is 364 g/mol. The summed E-state index contributed by atoms with van der Waals surface area (Å²) < 4.78 is 16.0. The highest BCUT2D eigenvalue weighted by Crippen LogP contribution is 2.53. The summed E-state index contributed by atoms with van der Waals surface area (Å²) in [6.45, 7) is -0.254. The zero-order valence-electron chi connectivity index (χ0n) is 16.2. The Hall–Kier alpha value is -2.64. The molecule has 0 fully saturated rings. The highest BCUT2D eigenvalue weighted by molar-refractivity contribution is 5.62. The van der Waals surface area contributed by atoms with Gasteiger partial charge in [-0.2, -0.15) is 0 Å². The Balaban J connectivity index is 2.29. The standard InChI is InChI=1S/C21H26O7/c1-26-16-7-11(4-5-15(16)24)18-14(10-23)13(9-22)6-12-8-17(27-2)20(25)21(28-3)19(12)18/h4-5,7-8,13-14,18,22-25H,6,9-10H2,1-3H3/t13-,14-,18-/m1/s1. The number of rotatable bonds is 6. The van der Waals surface area contributed by atoms with Crippen molar-refractivity contribution in [3.8, 4) is 28.7 Å². The van der Waals surface area contributed by atoms with Crippen LogP contribution in [0.15, 0.2) is 24.3 Å². The second-order valence-electron chi connectivity index (χ2n) is 6.94. The third-order valence-corrected chi connectivity index (χ3v) is 5.60. The van der Waals surface area contributed by atoms with Crippen molar-refractivity contribution in [3.05, 3.63) is 41.0 Å². The quantitative estimate of drug-likeness (QED) is 0.598. The Kier molecular flexibility index (Phi) is 5.86. The van der Waals surface area contributed by atoms with Gasteiger partial charge in [-0.1, -0.05) is 6.07 Å². The largest absolute Gasteiger partial charge is 0.504 e. The van der Waals surface area contributed by atoms with Crippen LogP contribution in [0.4, 0.5) is 0 Å². The van der Waals surface area contributed by atoms with E-state index in [0.29, 0.717) is 12.2 Å². The van der Waals surface area contributed by atoms with Crippen molar-refractivity contribution in [1.29, 1.82) is 0 Å². The zero-order chi connectivity index (χ0) is 20.4. The Morgan fingerprint density at radius 3 is 2.21 bits per heavy atom. The van der Waals surface area contributed by atoms with E-state index in [1.807, 2.05) is 0 Å². The van der Waals surface area contributed by atoms with Crippen LogP contribution in [0.3, 0.4) is 0 Å². The van der Waals surface area contributed by atoms with Crippen LogP contribution in [-0.4, -0.2) is 55.0 Å². The normalized spacial score (nSPS) is 21.1. The van der Waals surface area contributed by atoms with Crippen molar-refractivity contribution in [1.82, 2.24) is 0 Å². The molecule has 0 amide bonds. The van der Waals surface area contributed by atoms with Gasteiger partial charge in [0, 0.05) is 24.7 Å². The average Bonchev–Trinajstić information content (AvgIpc) is 2.72. The van der Waals surface area contributed by atoms with Gasteiger partial charge >= 0.3 is 0 Å². The van der Waals surface area contributed by atoms with Crippen LogP contribution in [0.25, 0.3) is 0 Å². The summed E-state index contributed by atoms with van der Waals surface area (Å²) in [5, 5.41) is 40.7. The maximum Gasteiger partial charge on any atom is 0.201 e. The van der Waals surface area contributed by atoms with Gasteiger partial charge in [0.1, 0.15) is 0 Å². The van der Waals surface area contributed by atoms with Crippen molar-refractivity contribution in [2.24, 2.45) is 11.8 Å². The summed E-state index contributed by atoms with van der Waals surface area (Å²) >= 11 is 0. The van der Waals surface area contributed by atoms with Crippen molar-refractivity contribution in [2.75, 3.05) is 34.5 Å². The zero-order valence-corrected chi connectivity index (χ0v) is 16.2. The number of phenolic OH excluding ortho intramolecular Hbond substituents is 2. The molecule has 4 N–H and O–H groups in total. The number of aliphatic hydroxyl groups is 2. The monoisotopic (exact) mass is 390 g/mol. The highest BCUT2D eigenvalue weighted by Gasteiger charge is 2.40. The first-order valence-electron chi connectivity index (χ1n) is 9.05. The predicted molar refractivity (Wildman–Crippen MR) is 103 cm³/mol. The summed E-state index contributed by atoms with van der Waals surface area (Å²) in [5.41, 5.74) is 2.38. The molecule has 2 aromatic rings. The summed E-state index contributed by atoms with van der Waals surface area (Å²) in [5.74, 6) is -0.122. The number of aromatic hydroxyl groups is 2. The van der Waals surface area contributed by atoms with E-state index < -0.39 is 0 Å². The smallest absolute Gasteiger partial charge is 0.201 e. The molecule has 0 saturated heterocycles. The minimum absolute atomic E-state index is 0.00563. The molecule has 0 heterocycles. The Morgan fingerprint density at radius 2 is 1.64 bits per heavy atom. The second-order valence-corrected chi connectivity index (χ2v) is 6.94. The van der Waals surface area contributed by atoms with Crippen LogP contribution >= 0.6 is 0 Å². The molecule has 152 valence electrons. The molecular formula is C21H26O7. The maximum atomic E-state index is 10.6. The first-order valence-corrected chi connectivity index (χ1v) is 9.05. The van der Waals surface area contributed by atoms with E-state index >= 15 is 0 Å². The molecule has 0 saturated carbocycles. The summed E-state index contributed by atoms with van der Waals surface area (Å²) in [4.78, 5) is 0. The van der Waals surface area contributed by atoms with Crippen LogP contribution < -0.4 is 14.2 Å². The molecule has 1 aliphatic rings. The average molecular weight is 390 g/mol. The lowest BCUT2D eigenvalue weighted by atomic mass is 9.66. The van der Waals surface area contributed by atoms with E-state index in [1.54, 1.807) is 18.2 Å². The lowest BCUT2D eigenvalue weighted by molar-refractivity contribution is 0.1000. The van der Waals surface area contributed by atoms with Gasteiger partial charge in [0.15, 0.2) is 23.0 Å². The first kappa shape index (κ1) is 20.1. The van der Waals surface area contributed by atoms with Gasteiger partial charge in [0.05, 0.1) is 21.3 Å². The third-order valence-electron chi connectivity index (χ3n) is 5.60. The minimum Gasteiger partial charge on any atom is -0.504 e. The molecule has 0 aromatic heterocycles. The molecule has 0 bridgehead atoms. The molecule has 0 spiro atoms. The van der Waals surface area contributed by atoms with Crippen LogP contribution in [0, 0.1) is 11.8 Å².